The van der Waals surface area contributed by atoms with Gasteiger partial charge in [-0.15, -0.1) is 0 Å². The van der Waals surface area contributed by atoms with Crippen LogP contribution in [0.3, 0.4) is 0 Å². The highest BCUT2D eigenvalue weighted by molar-refractivity contribution is 5.95. The number of benzene rings is 1. The molecule has 0 fully saturated rings. The third-order valence-corrected chi connectivity index (χ3v) is 2.57. The second-order valence-corrected chi connectivity index (χ2v) is 3.74. The molecule has 0 bridgehead atoms. The molecule has 1 rings (SSSR count). The molecule has 1 aromatic rings. The van der Waals surface area contributed by atoms with E-state index in [2.05, 4.69) is 0 Å². The van der Waals surface area contributed by atoms with E-state index in [-0.39, 0.29) is 12.4 Å². The molecular formula is C12H18FN3O. The van der Waals surface area contributed by atoms with Crippen LogP contribution in [0, 0.1) is 11.2 Å². The quantitative estimate of drug-likeness (QED) is 0.518. The Morgan fingerprint density at radius 1 is 1.53 bits per heavy atom. The molecule has 0 unspecified atom stereocenters. The standard InChI is InChI=1S/C12H18FN3O/c1-2-16(6-3-7-17)11-5-4-9(12(14)15)8-10(11)13/h4-5,8,17H,2-3,6-7H2,1H3,(H3,14,15). The van der Waals surface area contributed by atoms with E-state index >= 15 is 0 Å². The van der Waals surface area contributed by atoms with Crippen molar-refractivity contribution < 1.29 is 9.50 Å². The lowest BCUT2D eigenvalue weighted by Gasteiger charge is -2.23. The van der Waals surface area contributed by atoms with E-state index in [1.54, 1.807) is 12.1 Å². The van der Waals surface area contributed by atoms with Gasteiger partial charge in [-0.25, -0.2) is 4.39 Å². The van der Waals surface area contributed by atoms with Crippen molar-refractivity contribution in [2.45, 2.75) is 13.3 Å². The highest BCUT2D eigenvalue weighted by Crippen LogP contribution is 2.20. The average molecular weight is 239 g/mol. The number of rotatable bonds is 6. The van der Waals surface area contributed by atoms with E-state index in [9.17, 15) is 4.39 Å². The zero-order valence-electron chi connectivity index (χ0n) is 9.91. The SMILES string of the molecule is CCN(CCCO)c1ccc(C(=N)N)cc1F. The van der Waals surface area contributed by atoms with Crippen molar-refractivity contribution in [2.24, 2.45) is 5.73 Å². The van der Waals surface area contributed by atoms with Crippen LogP contribution in [-0.4, -0.2) is 30.6 Å². The van der Waals surface area contributed by atoms with Crippen molar-refractivity contribution in [3.8, 4) is 0 Å². The van der Waals surface area contributed by atoms with Gasteiger partial charge in [-0.1, -0.05) is 0 Å². The molecule has 17 heavy (non-hydrogen) atoms. The van der Waals surface area contributed by atoms with Crippen LogP contribution >= 0.6 is 0 Å². The number of hydrogen-bond donors (Lipinski definition) is 3. The largest absolute Gasteiger partial charge is 0.396 e. The van der Waals surface area contributed by atoms with E-state index in [0.29, 0.717) is 30.8 Å². The molecule has 0 saturated carbocycles. The van der Waals surface area contributed by atoms with Gasteiger partial charge in [0.2, 0.25) is 0 Å². The molecule has 4 N–H and O–H groups in total. The second-order valence-electron chi connectivity index (χ2n) is 3.74. The first kappa shape index (κ1) is 13.4. The molecule has 0 aliphatic carbocycles. The first-order chi connectivity index (χ1) is 8.10. The van der Waals surface area contributed by atoms with E-state index in [0.717, 1.165) is 0 Å². The van der Waals surface area contributed by atoms with E-state index in [1.807, 2.05) is 11.8 Å². The number of aliphatic hydroxyl groups is 1. The predicted octanol–water partition coefficient (Wildman–Crippen LogP) is 1.32. The molecule has 5 heteroatoms. The fourth-order valence-corrected chi connectivity index (χ4v) is 1.64. The van der Waals surface area contributed by atoms with E-state index < -0.39 is 5.82 Å². The highest BCUT2D eigenvalue weighted by Gasteiger charge is 2.11. The maximum Gasteiger partial charge on any atom is 0.147 e. The summed E-state index contributed by atoms with van der Waals surface area (Å²) in [6.45, 7) is 3.28. The summed E-state index contributed by atoms with van der Waals surface area (Å²) in [4.78, 5) is 1.84. The minimum absolute atomic E-state index is 0.0870. The smallest absolute Gasteiger partial charge is 0.147 e. The Morgan fingerprint density at radius 3 is 2.71 bits per heavy atom. The van der Waals surface area contributed by atoms with Gasteiger partial charge >= 0.3 is 0 Å². The Bertz CT molecular complexity index is 395. The number of nitrogens with one attached hydrogen (secondary N) is 1. The van der Waals surface area contributed by atoms with Gasteiger partial charge in [0.1, 0.15) is 11.7 Å². The van der Waals surface area contributed by atoms with Gasteiger partial charge in [-0.2, -0.15) is 0 Å². The van der Waals surface area contributed by atoms with Crippen LogP contribution in [-0.2, 0) is 0 Å². The number of hydrogen-bond acceptors (Lipinski definition) is 3. The van der Waals surface area contributed by atoms with Crippen molar-refractivity contribution in [3.05, 3.63) is 29.6 Å². The van der Waals surface area contributed by atoms with Gasteiger partial charge in [0, 0.05) is 25.3 Å². The number of nitrogens with two attached hydrogens (primary N) is 1. The summed E-state index contributed by atoms with van der Waals surface area (Å²) in [6, 6.07) is 4.51. The molecule has 0 heterocycles. The lowest BCUT2D eigenvalue weighted by atomic mass is 10.1. The number of halogens is 1. The molecule has 0 aromatic heterocycles. The summed E-state index contributed by atoms with van der Waals surface area (Å²) in [5.41, 5.74) is 6.15. The monoisotopic (exact) mass is 239 g/mol. The zero-order chi connectivity index (χ0) is 12.8. The fraction of sp³-hybridized carbons (Fsp3) is 0.417. The molecule has 94 valence electrons. The van der Waals surface area contributed by atoms with Crippen LogP contribution in [0.4, 0.5) is 10.1 Å². The summed E-state index contributed by atoms with van der Waals surface area (Å²) in [5, 5.41) is 16.0. The number of aliphatic hydroxyl groups excluding tert-OH is 1. The summed E-state index contributed by atoms with van der Waals surface area (Å²) in [7, 11) is 0. The Balaban J connectivity index is 2.92. The molecule has 0 atom stereocenters. The van der Waals surface area contributed by atoms with Crippen molar-refractivity contribution in [3.63, 3.8) is 0 Å². The minimum Gasteiger partial charge on any atom is -0.396 e. The third-order valence-electron chi connectivity index (χ3n) is 2.57. The number of nitrogen functional groups attached to an aromatic ring is 1. The Hall–Kier alpha value is -1.62. The molecule has 0 aliphatic heterocycles. The minimum atomic E-state index is -0.391. The molecular weight excluding hydrogens is 221 g/mol. The topological polar surface area (TPSA) is 73.3 Å². The van der Waals surface area contributed by atoms with Crippen molar-refractivity contribution in [1.29, 1.82) is 5.41 Å². The zero-order valence-corrected chi connectivity index (χ0v) is 9.91. The summed E-state index contributed by atoms with van der Waals surface area (Å²) < 4.78 is 13.8. The normalized spacial score (nSPS) is 10.3. The number of nitrogens with zero attached hydrogens (tertiary/aromatic N) is 1. The molecule has 0 aliphatic rings. The van der Waals surface area contributed by atoms with Gasteiger partial charge in [-0.05, 0) is 31.5 Å². The molecule has 4 nitrogen and oxygen atoms in total. The maximum absolute atomic E-state index is 13.8. The van der Waals surface area contributed by atoms with Crippen LogP contribution in [0.5, 0.6) is 0 Å². The van der Waals surface area contributed by atoms with Gasteiger partial charge in [0.15, 0.2) is 0 Å². The van der Waals surface area contributed by atoms with Crippen molar-refractivity contribution >= 4 is 11.5 Å². The Kier molecular flexibility index (Phi) is 4.90. The van der Waals surface area contributed by atoms with Crippen LogP contribution < -0.4 is 10.6 Å². The lowest BCUT2D eigenvalue weighted by molar-refractivity contribution is 0.289. The van der Waals surface area contributed by atoms with Crippen molar-refractivity contribution in [1.82, 2.24) is 0 Å². The first-order valence-electron chi connectivity index (χ1n) is 5.60. The summed E-state index contributed by atoms with van der Waals surface area (Å²) >= 11 is 0. The van der Waals surface area contributed by atoms with Gasteiger partial charge in [-0.3, -0.25) is 5.41 Å². The lowest BCUT2D eigenvalue weighted by Crippen LogP contribution is -2.26. The van der Waals surface area contributed by atoms with Crippen LogP contribution in [0.25, 0.3) is 0 Å². The first-order valence-corrected chi connectivity index (χ1v) is 5.60. The molecule has 0 spiro atoms. The molecule has 0 saturated heterocycles. The molecule has 0 amide bonds. The number of anilines is 1. The highest BCUT2D eigenvalue weighted by atomic mass is 19.1. The number of amidine groups is 1. The fourth-order valence-electron chi connectivity index (χ4n) is 1.64. The van der Waals surface area contributed by atoms with E-state index in [4.69, 9.17) is 16.2 Å². The van der Waals surface area contributed by atoms with Crippen molar-refractivity contribution in [2.75, 3.05) is 24.6 Å². The Morgan fingerprint density at radius 2 is 2.24 bits per heavy atom. The predicted molar refractivity (Wildman–Crippen MR) is 67.0 cm³/mol. The summed E-state index contributed by atoms with van der Waals surface area (Å²) in [6.07, 6.45) is 0.599. The Labute approximate surface area is 100 Å². The van der Waals surface area contributed by atoms with Crippen LogP contribution in [0.15, 0.2) is 18.2 Å². The van der Waals surface area contributed by atoms with Gasteiger partial charge in [0.25, 0.3) is 0 Å². The molecule has 0 radical (unpaired) electrons. The summed E-state index contributed by atoms with van der Waals surface area (Å²) in [5.74, 6) is -0.536. The second kappa shape index (κ2) is 6.20. The van der Waals surface area contributed by atoms with Crippen LogP contribution in [0.1, 0.15) is 18.9 Å². The van der Waals surface area contributed by atoms with Gasteiger partial charge in [0.05, 0.1) is 5.69 Å². The maximum atomic E-state index is 13.8. The van der Waals surface area contributed by atoms with Crippen LogP contribution in [0.2, 0.25) is 0 Å². The van der Waals surface area contributed by atoms with E-state index in [1.165, 1.54) is 6.07 Å². The average Bonchev–Trinajstić information content (AvgIpc) is 2.31. The third kappa shape index (κ3) is 3.42. The molecule has 1 aromatic carbocycles. The van der Waals surface area contributed by atoms with Gasteiger partial charge < -0.3 is 15.7 Å².